The zero-order valence-corrected chi connectivity index (χ0v) is 11.1. The smallest absolute Gasteiger partial charge is 0.410 e. The van der Waals surface area contributed by atoms with Crippen molar-refractivity contribution in [1.29, 1.82) is 0 Å². The van der Waals surface area contributed by atoms with Crippen molar-refractivity contribution in [3.63, 3.8) is 0 Å². The third kappa shape index (κ3) is 4.42. The van der Waals surface area contributed by atoms with Gasteiger partial charge in [0.05, 0.1) is 0 Å². The van der Waals surface area contributed by atoms with Crippen LogP contribution in [-0.4, -0.2) is 29.7 Å². The fraction of sp³-hybridized carbons (Fsp3) is 0.923. The van der Waals surface area contributed by atoms with Gasteiger partial charge in [0.1, 0.15) is 5.60 Å². The molecular weight excluding hydrogens is 202 g/mol. The molecule has 1 aliphatic rings. The highest BCUT2D eigenvalue weighted by Crippen LogP contribution is 2.22. The van der Waals surface area contributed by atoms with Crippen molar-refractivity contribution >= 4 is 6.09 Å². The maximum Gasteiger partial charge on any atom is 0.410 e. The first-order chi connectivity index (χ1) is 7.40. The summed E-state index contributed by atoms with van der Waals surface area (Å²) in [7, 11) is 1.87. The summed E-state index contributed by atoms with van der Waals surface area (Å²) < 4.78 is 5.38. The first-order valence-corrected chi connectivity index (χ1v) is 6.36. The number of hydrogen-bond donors (Lipinski definition) is 0. The molecule has 0 aromatic rings. The van der Waals surface area contributed by atoms with E-state index in [2.05, 4.69) is 0 Å². The topological polar surface area (TPSA) is 29.5 Å². The SMILES string of the molecule is CN(C(=O)OC(C)(C)C)C1CCCCCC1. The van der Waals surface area contributed by atoms with Crippen molar-refractivity contribution in [3.8, 4) is 0 Å². The van der Waals surface area contributed by atoms with E-state index >= 15 is 0 Å². The van der Waals surface area contributed by atoms with Gasteiger partial charge in [-0.1, -0.05) is 25.7 Å². The fourth-order valence-corrected chi connectivity index (χ4v) is 2.13. The number of rotatable bonds is 1. The molecule has 1 aliphatic carbocycles. The summed E-state index contributed by atoms with van der Waals surface area (Å²) in [6.45, 7) is 5.73. The second-order valence-corrected chi connectivity index (χ2v) is 5.74. The van der Waals surface area contributed by atoms with Crippen LogP contribution in [0.2, 0.25) is 0 Å². The first-order valence-electron chi connectivity index (χ1n) is 6.36. The van der Waals surface area contributed by atoms with Gasteiger partial charge < -0.3 is 9.64 Å². The maximum absolute atomic E-state index is 11.9. The molecule has 3 heteroatoms. The van der Waals surface area contributed by atoms with Crippen LogP contribution in [0.3, 0.4) is 0 Å². The Labute approximate surface area is 99.1 Å². The first kappa shape index (κ1) is 13.3. The van der Waals surface area contributed by atoms with Gasteiger partial charge in [-0.2, -0.15) is 0 Å². The van der Waals surface area contributed by atoms with E-state index in [0.717, 1.165) is 12.8 Å². The lowest BCUT2D eigenvalue weighted by molar-refractivity contribution is 0.0209. The number of nitrogens with zero attached hydrogens (tertiary/aromatic N) is 1. The molecule has 3 nitrogen and oxygen atoms in total. The summed E-state index contributed by atoms with van der Waals surface area (Å²) in [6, 6.07) is 0.373. The molecule has 1 saturated carbocycles. The lowest BCUT2D eigenvalue weighted by Crippen LogP contribution is -2.40. The lowest BCUT2D eigenvalue weighted by Gasteiger charge is -2.30. The molecule has 0 aromatic heterocycles. The van der Waals surface area contributed by atoms with E-state index in [1.165, 1.54) is 25.7 Å². The van der Waals surface area contributed by atoms with Crippen molar-refractivity contribution < 1.29 is 9.53 Å². The third-order valence-electron chi connectivity index (χ3n) is 3.05. The Morgan fingerprint density at radius 1 is 1.12 bits per heavy atom. The fourth-order valence-electron chi connectivity index (χ4n) is 2.13. The van der Waals surface area contributed by atoms with Gasteiger partial charge in [-0.15, -0.1) is 0 Å². The van der Waals surface area contributed by atoms with Crippen molar-refractivity contribution in [2.75, 3.05) is 7.05 Å². The number of carbonyl (C=O) groups is 1. The van der Waals surface area contributed by atoms with Crippen LogP contribution in [0.4, 0.5) is 4.79 Å². The molecule has 0 aromatic carbocycles. The lowest BCUT2D eigenvalue weighted by atomic mass is 10.1. The number of amides is 1. The zero-order chi connectivity index (χ0) is 12.2. The van der Waals surface area contributed by atoms with E-state index in [1.807, 2.05) is 27.8 Å². The van der Waals surface area contributed by atoms with Crippen LogP contribution in [0.5, 0.6) is 0 Å². The summed E-state index contributed by atoms with van der Waals surface area (Å²) in [4.78, 5) is 13.7. The van der Waals surface area contributed by atoms with Crippen molar-refractivity contribution in [3.05, 3.63) is 0 Å². The van der Waals surface area contributed by atoms with Crippen LogP contribution < -0.4 is 0 Å². The molecule has 0 radical (unpaired) electrons. The van der Waals surface area contributed by atoms with E-state index in [0.29, 0.717) is 6.04 Å². The molecule has 1 amide bonds. The minimum Gasteiger partial charge on any atom is -0.444 e. The molecule has 0 atom stereocenters. The average molecular weight is 227 g/mol. The quantitative estimate of drug-likeness (QED) is 0.641. The molecular formula is C13H25NO2. The highest BCUT2D eigenvalue weighted by Gasteiger charge is 2.25. The van der Waals surface area contributed by atoms with E-state index in [-0.39, 0.29) is 6.09 Å². The Morgan fingerprint density at radius 2 is 1.62 bits per heavy atom. The minimum atomic E-state index is -0.393. The zero-order valence-electron chi connectivity index (χ0n) is 11.1. The summed E-state index contributed by atoms with van der Waals surface area (Å²) >= 11 is 0. The second kappa shape index (κ2) is 5.55. The molecule has 1 rings (SSSR count). The predicted octanol–water partition coefficient (Wildman–Crippen LogP) is 3.58. The molecule has 0 saturated heterocycles. The average Bonchev–Trinajstić information content (AvgIpc) is 2.41. The largest absolute Gasteiger partial charge is 0.444 e. The molecule has 0 heterocycles. The van der Waals surface area contributed by atoms with Gasteiger partial charge in [0.2, 0.25) is 0 Å². The summed E-state index contributed by atoms with van der Waals surface area (Å²) in [5.74, 6) is 0. The molecule has 1 fully saturated rings. The van der Waals surface area contributed by atoms with E-state index in [4.69, 9.17) is 4.74 Å². The molecule has 16 heavy (non-hydrogen) atoms. The van der Waals surface area contributed by atoms with E-state index < -0.39 is 5.60 Å². The number of carbonyl (C=O) groups excluding carboxylic acids is 1. The molecule has 0 spiro atoms. The van der Waals surface area contributed by atoms with Gasteiger partial charge in [0.15, 0.2) is 0 Å². The van der Waals surface area contributed by atoms with Crippen LogP contribution in [0.1, 0.15) is 59.3 Å². The Kier molecular flexibility index (Phi) is 4.63. The molecule has 0 bridgehead atoms. The van der Waals surface area contributed by atoms with Crippen molar-refractivity contribution in [2.24, 2.45) is 0 Å². The Balaban J connectivity index is 2.48. The van der Waals surface area contributed by atoms with Crippen LogP contribution in [0.25, 0.3) is 0 Å². The summed E-state index contributed by atoms with van der Waals surface area (Å²) in [6.07, 6.45) is 7.14. The Bertz CT molecular complexity index is 225. The normalized spacial score (nSPS) is 19.0. The maximum atomic E-state index is 11.9. The predicted molar refractivity (Wildman–Crippen MR) is 65.5 cm³/mol. The van der Waals surface area contributed by atoms with Crippen LogP contribution in [-0.2, 0) is 4.74 Å². The highest BCUT2D eigenvalue weighted by molar-refractivity contribution is 5.68. The van der Waals surface area contributed by atoms with Gasteiger partial charge in [0.25, 0.3) is 0 Å². The molecule has 0 unspecified atom stereocenters. The van der Waals surface area contributed by atoms with Crippen molar-refractivity contribution in [2.45, 2.75) is 70.9 Å². The van der Waals surface area contributed by atoms with Crippen LogP contribution >= 0.6 is 0 Å². The number of ether oxygens (including phenoxy) is 1. The molecule has 0 N–H and O–H groups in total. The second-order valence-electron chi connectivity index (χ2n) is 5.74. The van der Waals surface area contributed by atoms with Crippen LogP contribution in [0, 0.1) is 0 Å². The standard InChI is InChI=1S/C13H25NO2/c1-13(2,3)16-12(15)14(4)11-9-7-5-6-8-10-11/h11H,5-10H2,1-4H3. The van der Waals surface area contributed by atoms with Gasteiger partial charge in [-0.3, -0.25) is 0 Å². The molecule has 94 valence electrons. The Hall–Kier alpha value is -0.730. The summed E-state index contributed by atoms with van der Waals surface area (Å²) in [5, 5.41) is 0. The summed E-state index contributed by atoms with van der Waals surface area (Å²) in [5.41, 5.74) is -0.393. The Morgan fingerprint density at radius 3 is 2.06 bits per heavy atom. The van der Waals surface area contributed by atoms with E-state index in [1.54, 1.807) is 4.90 Å². The van der Waals surface area contributed by atoms with Gasteiger partial charge >= 0.3 is 6.09 Å². The van der Waals surface area contributed by atoms with Gasteiger partial charge in [0, 0.05) is 13.1 Å². The number of hydrogen-bond acceptors (Lipinski definition) is 2. The highest BCUT2D eigenvalue weighted by atomic mass is 16.6. The molecule has 0 aliphatic heterocycles. The van der Waals surface area contributed by atoms with Crippen LogP contribution in [0.15, 0.2) is 0 Å². The van der Waals surface area contributed by atoms with E-state index in [9.17, 15) is 4.79 Å². The van der Waals surface area contributed by atoms with Gasteiger partial charge in [-0.05, 0) is 33.6 Å². The minimum absolute atomic E-state index is 0.181. The van der Waals surface area contributed by atoms with Gasteiger partial charge in [-0.25, -0.2) is 4.79 Å². The van der Waals surface area contributed by atoms with Crippen molar-refractivity contribution in [1.82, 2.24) is 4.90 Å². The monoisotopic (exact) mass is 227 g/mol. The third-order valence-corrected chi connectivity index (χ3v) is 3.05.